The molecular weight excluding hydrogens is 316 g/mol. The number of nitrogens with one attached hydrogen (secondary N) is 2. The van der Waals surface area contributed by atoms with Crippen molar-refractivity contribution in [3.8, 4) is 23.0 Å². The van der Waals surface area contributed by atoms with Crippen LogP contribution in [0.25, 0.3) is 0 Å². The van der Waals surface area contributed by atoms with Gasteiger partial charge in [-0.2, -0.15) is 10.2 Å². The van der Waals surface area contributed by atoms with Crippen molar-refractivity contribution in [3.05, 3.63) is 47.5 Å². The summed E-state index contributed by atoms with van der Waals surface area (Å²) < 4.78 is 0. The van der Waals surface area contributed by atoms with E-state index in [1.807, 2.05) is 0 Å². The van der Waals surface area contributed by atoms with Crippen LogP contribution in [-0.4, -0.2) is 38.9 Å². The molecule has 0 radical (unpaired) electrons. The van der Waals surface area contributed by atoms with Crippen molar-refractivity contribution in [3.63, 3.8) is 0 Å². The highest BCUT2D eigenvalue weighted by Gasteiger charge is 2.04. The van der Waals surface area contributed by atoms with E-state index in [9.17, 15) is 25.2 Å². The predicted molar refractivity (Wildman–Crippen MR) is 86.4 cm³/mol. The Labute approximate surface area is 136 Å². The van der Waals surface area contributed by atoms with Crippen LogP contribution < -0.4 is 10.9 Å². The lowest BCUT2D eigenvalue weighted by molar-refractivity contribution is 0.242. The van der Waals surface area contributed by atoms with E-state index >= 15 is 0 Å². The summed E-state index contributed by atoms with van der Waals surface area (Å²) in [5.74, 6) is -1.33. The van der Waals surface area contributed by atoms with Crippen LogP contribution in [0.1, 0.15) is 11.1 Å². The van der Waals surface area contributed by atoms with Crippen LogP contribution in [0.5, 0.6) is 23.0 Å². The van der Waals surface area contributed by atoms with E-state index in [2.05, 4.69) is 21.1 Å². The number of benzene rings is 2. The summed E-state index contributed by atoms with van der Waals surface area (Å²) in [6.45, 7) is 0. The predicted octanol–water partition coefficient (Wildman–Crippen LogP) is 1.18. The number of urea groups is 1. The minimum Gasteiger partial charge on any atom is -0.504 e. The van der Waals surface area contributed by atoms with Gasteiger partial charge in [0.05, 0.1) is 12.4 Å². The van der Waals surface area contributed by atoms with Crippen molar-refractivity contribution in [2.75, 3.05) is 0 Å². The summed E-state index contributed by atoms with van der Waals surface area (Å²) in [7, 11) is 0. The van der Waals surface area contributed by atoms with Crippen molar-refractivity contribution < 1.29 is 25.2 Å². The zero-order valence-electron chi connectivity index (χ0n) is 12.2. The van der Waals surface area contributed by atoms with Crippen LogP contribution in [0.2, 0.25) is 0 Å². The molecule has 124 valence electrons. The lowest BCUT2D eigenvalue weighted by atomic mass is 10.2. The molecule has 2 rings (SSSR count). The van der Waals surface area contributed by atoms with E-state index in [1.54, 1.807) is 0 Å². The number of hydrogen-bond acceptors (Lipinski definition) is 7. The molecule has 0 atom stereocenters. The third kappa shape index (κ3) is 4.13. The van der Waals surface area contributed by atoms with Gasteiger partial charge in [0.2, 0.25) is 0 Å². The fraction of sp³-hybridized carbons (Fsp3) is 0. The van der Waals surface area contributed by atoms with E-state index in [1.165, 1.54) is 36.4 Å². The molecule has 0 aliphatic rings. The Morgan fingerprint density at radius 1 is 0.792 bits per heavy atom. The average Bonchev–Trinajstić information content (AvgIpc) is 2.55. The first-order valence-electron chi connectivity index (χ1n) is 6.63. The minimum absolute atomic E-state index is 0.212. The molecule has 0 unspecified atom stereocenters. The Balaban J connectivity index is 1.89. The van der Waals surface area contributed by atoms with Crippen molar-refractivity contribution in [1.82, 2.24) is 10.9 Å². The van der Waals surface area contributed by atoms with Gasteiger partial charge in [0, 0.05) is 11.1 Å². The average molecular weight is 330 g/mol. The van der Waals surface area contributed by atoms with Gasteiger partial charge in [-0.15, -0.1) is 0 Å². The number of aromatic hydroxyl groups is 4. The van der Waals surface area contributed by atoms with Crippen molar-refractivity contribution in [2.45, 2.75) is 0 Å². The molecule has 24 heavy (non-hydrogen) atoms. The number of hydrogen-bond donors (Lipinski definition) is 6. The number of nitrogens with zero attached hydrogens (tertiary/aromatic N) is 2. The molecule has 0 saturated carbocycles. The van der Waals surface area contributed by atoms with E-state index in [0.29, 0.717) is 0 Å². The number of phenols is 4. The first-order chi connectivity index (χ1) is 11.5. The second-order valence-corrected chi connectivity index (χ2v) is 4.50. The molecule has 2 aromatic rings. The SMILES string of the molecule is O=C(NN=Cc1cccc(O)c1O)NN=Cc1cccc(O)c1O. The van der Waals surface area contributed by atoms with E-state index < -0.39 is 6.03 Å². The summed E-state index contributed by atoms with van der Waals surface area (Å²) >= 11 is 0. The van der Waals surface area contributed by atoms with Gasteiger partial charge in [-0.25, -0.2) is 15.6 Å². The lowest BCUT2D eigenvalue weighted by Crippen LogP contribution is -2.28. The Morgan fingerprint density at radius 3 is 1.62 bits per heavy atom. The second kappa shape index (κ2) is 7.49. The highest BCUT2D eigenvalue weighted by Crippen LogP contribution is 2.27. The lowest BCUT2D eigenvalue weighted by Gasteiger charge is -2.02. The normalized spacial score (nSPS) is 11.0. The van der Waals surface area contributed by atoms with Crippen molar-refractivity contribution in [2.24, 2.45) is 10.2 Å². The van der Waals surface area contributed by atoms with Crippen LogP contribution in [0.15, 0.2) is 46.6 Å². The minimum atomic E-state index is -0.776. The van der Waals surface area contributed by atoms with E-state index in [0.717, 1.165) is 12.4 Å². The molecule has 9 nitrogen and oxygen atoms in total. The summed E-state index contributed by atoms with van der Waals surface area (Å²) in [4.78, 5) is 11.5. The third-order valence-corrected chi connectivity index (χ3v) is 2.83. The molecule has 0 aromatic heterocycles. The first-order valence-corrected chi connectivity index (χ1v) is 6.63. The topological polar surface area (TPSA) is 147 Å². The Hall–Kier alpha value is -3.75. The molecule has 6 N–H and O–H groups in total. The van der Waals surface area contributed by atoms with Gasteiger partial charge in [-0.1, -0.05) is 12.1 Å². The van der Waals surface area contributed by atoms with Crippen LogP contribution in [0.4, 0.5) is 4.79 Å². The van der Waals surface area contributed by atoms with Gasteiger partial charge >= 0.3 is 6.03 Å². The number of carbonyl (C=O) groups is 1. The van der Waals surface area contributed by atoms with E-state index in [4.69, 9.17) is 0 Å². The summed E-state index contributed by atoms with van der Waals surface area (Å²) in [5, 5.41) is 44.9. The van der Waals surface area contributed by atoms with Crippen molar-refractivity contribution in [1.29, 1.82) is 0 Å². The van der Waals surface area contributed by atoms with Crippen LogP contribution >= 0.6 is 0 Å². The quantitative estimate of drug-likeness (QED) is 0.283. The molecule has 0 aliphatic carbocycles. The summed E-state index contributed by atoms with van der Waals surface area (Å²) in [5.41, 5.74) is 4.61. The number of carbonyl (C=O) groups excluding carboxylic acids is 1. The zero-order chi connectivity index (χ0) is 17.5. The summed E-state index contributed by atoms with van der Waals surface area (Å²) in [6, 6.07) is 7.81. The fourth-order valence-electron chi connectivity index (χ4n) is 1.65. The molecule has 0 aliphatic heterocycles. The molecule has 2 aromatic carbocycles. The molecule has 0 saturated heterocycles. The molecule has 0 fully saturated rings. The molecule has 0 spiro atoms. The Morgan fingerprint density at radius 2 is 1.21 bits per heavy atom. The molecule has 0 heterocycles. The van der Waals surface area contributed by atoms with Gasteiger partial charge in [0.15, 0.2) is 23.0 Å². The van der Waals surface area contributed by atoms with Crippen LogP contribution in [0, 0.1) is 0 Å². The highest BCUT2D eigenvalue weighted by molar-refractivity contribution is 5.87. The van der Waals surface area contributed by atoms with Gasteiger partial charge < -0.3 is 20.4 Å². The standard InChI is InChI=1S/C15H14N4O5/c20-11-5-1-3-9(13(11)22)7-16-18-15(24)19-17-8-10-4-2-6-12(21)14(10)23/h1-8,20-23H,(H2,18,19,24). The number of rotatable bonds is 4. The molecule has 0 bridgehead atoms. The Kier molecular flexibility index (Phi) is 5.19. The third-order valence-electron chi connectivity index (χ3n) is 2.83. The number of hydrazone groups is 2. The molecule has 2 amide bonds. The van der Waals surface area contributed by atoms with Gasteiger partial charge in [-0.05, 0) is 24.3 Å². The van der Waals surface area contributed by atoms with Gasteiger partial charge in [-0.3, -0.25) is 0 Å². The number of phenolic OH excluding ortho intramolecular Hbond substituents is 4. The molecule has 9 heteroatoms. The monoisotopic (exact) mass is 330 g/mol. The van der Waals surface area contributed by atoms with Gasteiger partial charge in [0.1, 0.15) is 0 Å². The maximum atomic E-state index is 11.5. The summed E-state index contributed by atoms with van der Waals surface area (Å²) in [6.07, 6.45) is 2.28. The maximum Gasteiger partial charge on any atom is 0.355 e. The van der Waals surface area contributed by atoms with Crippen molar-refractivity contribution >= 4 is 18.5 Å². The van der Waals surface area contributed by atoms with E-state index in [-0.39, 0.29) is 34.1 Å². The fourth-order valence-corrected chi connectivity index (χ4v) is 1.65. The largest absolute Gasteiger partial charge is 0.504 e. The van der Waals surface area contributed by atoms with Gasteiger partial charge in [0.25, 0.3) is 0 Å². The molecular formula is C15H14N4O5. The smallest absolute Gasteiger partial charge is 0.355 e. The highest BCUT2D eigenvalue weighted by atomic mass is 16.3. The van der Waals surface area contributed by atoms with Crippen LogP contribution in [-0.2, 0) is 0 Å². The second-order valence-electron chi connectivity index (χ2n) is 4.50. The maximum absolute atomic E-state index is 11.5. The number of para-hydroxylation sites is 2. The van der Waals surface area contributed by atoms with Crippen LogP contribution in [0.3, 0.4) is 0 Å². The Bertz CT molecular complexity index is 739. The number of amides is 2. The zero-order valence-corrected chi connectivity index (χ0v) is 12.2. The first kappa shape index (κ1) is 16.6.